The van der Waals surface area contributed by atoms with Gasteiger partial charge in [0.25, 0.3) is 0 Å². The fourth-order valence-corrected chi connectivity index (χ4v) is 2.38. The van der Waals surface area contributed by atoms with Crippen molar-refractivity contribution in [1.82, 2.24) is 9.55 Å². The molecule has 0 amide bonds. The molecule has 2 heterocycles. The van der Waals surface area contributed by atoms with Crippen LogP contribution in [0.2, 0.25) is 0 Å². The maximum absolute atomic E-state index is 5.41. The number of ether oxygens (including phenoxy) is 1. The molecule has 1 N–H and O–H groups in total. The molecule has 1 aliphatic rings. The van der Waals surface area contributed by atoms with Crippen molar-refractivity contribution in [1.29, 1.82) is 0 Å². The molecular weight excluding hydrogens is 184 g/mol. The van der Waals surface area contributed by atoms with E-state index in [1.165, 1.54) is 5.69 Å². The molecule has 0 spiro atoms. The first-order valence-corrected chi connectivity index (χ1v) is 4.90. The van der Waals surface area contributed by atoms with Crippen LogP contribution in [-0.2, 0) is 10.3 Å². The van der Waals surface area contributed by atoms with E-state index >= 15 is 0 Å². The Kier molecular flexibility index (Phi) is 2.04. The van der Waals surface area contributed by atoms with Gasteiger partial charge in [-0.3, -0.25) is 0 Å². The third-order valence-corrected chi connectivity index (χ3v) is 3.00. The standard InChI is InChI=1S/C9H14N2OS/c1-7-5-10-8(13)11(7)9(2)3-4-12-6-9/h5H,3-4,6H2,1-2H3,(H,10,13). The summed E-state index contributed by atoms with van der Waals surface area (Å²) >= 11 is 5.23. The lowest BCUT2D eigenvalue weighted by Crippen LogP contribution is -2.31. The van der Waals surface area contributed by atoms with E-state index in [1.54, 1.807) is 0 Å². The number of hydrogen-bond donors (Lipinski definition) is 1. The highest BCUT2D eigenvalue weighted by Gasteiger charge is 2.32. The third-order valence-electron chi connectivity index (χ3n) is 2.70. The average Bonchev–Trinajstić information content (AvgIpc) is 2.60. The minimum absolute atomic E-state index is 0.0567. The normalized spacial score (nSPS) is 28.2. The quantitative estimate of drug-likeness (QED) is 0.699. The van der Waals surface area contributed by atoms with Gasteiger partial charge >= 0.3 is 0 Å². The second kappa shape index (κ2) is 2.96. The molecule has 2 rings (SSSR count). The van der Waals surface area contributed by atoms with Gasteiger partial charge in [-0.2, -0.15) is 0 Å². The van der Waals surface area contributed by atoms with Crippen molar-refractivity contribution in [3.05, 3.63) is 16.7 Å². The summed E-state index contributed by atoms with van der Waals surface area (Å²) in [4.78, 5) is 3.06. The number of aromatic amines is 1. The van der Waals surface area contributed by atoms with E-state index in [9.17, 15) is 0 Å². The Balaban J connectivity index is 2.49. The van der Waals surface area contributed by atoms with Gasteiger partial charge in [-0.1, -0.05) is 0 Å². The average molecular weight is 198 g/mol. The van der Waals surface area contributed by atoms with Crippen LogP contribution in [0.5, 0.6) is 0 Å². The molecule has 0 bridgehead atoms. The molecule has 0 radical (unpaired) electrons. The van der Waals surface area contributed by atoms with Gasteiger partial charge in [0.05, 0.1) is 12.1 Å². The predicted octanol–water partition coefficient (Wildman–Crippen LogP) is 1.99. The van der Waals surface area contributed by atoms with Gasteiger partial charge < -0.3 is 14.3 Å². The van der Waals surface area contributed by atoms with E-state index in [0.717, 1.165) is 24.4 Å². The van der Waals surface area contributed by atoms with Crippen LogP contribution in [0.3, 0.4) is 0 Å². The number of aromatic nitrogens is 2. The van der Waals surface area contributed by atoms with Gasteiger partial charge in [0.1, 0.15) is 0 Å². The fraction of sp³-hybridized carbons (Fsp3) is 0.667. The number of hydrogen-bond acceptors (Lipinski definition) is 2. The fourth-order valence-electron chi connectivity index (χ4n) is 1.96. The van der Waals surface area contributed by atoms with E-state index < -0.39 is 0 Å². The second-order valence-corrected chi connectivity index (χ2v) is 4.26. The molecule has 3 nitrogen and oxygen atoms in total. The highest BCUT2D eigenvalue weighted by atomic mass is 32.1. The van der Waals surface area contributed by atoms with Crippen LogP contribution in [-0.4, -0.2) is 22.8 Å². The van der Waals surface area contributed by atoms with Gasteiger partial charge in [0, 0.05) is 18.5 Å². The van der Waals surface area contributed by atoms with Crippen molar-refractivity contribution in [2.75, 3.05) is 13.2 Å². The predicted molar refractivity (Wildman–Crippen MR) is 53.4 cm³/mol. The molecule has 1 fully saturated rings. The minimum atomic E-state index is 0.0567. The van der Waals surface area contributed by atoms with Crippen molar-refractivity contribution in [3.8, 4) is 0 Å². The Bertz CT molecular complexity index is 360. The van der Waals surface area contributed by atoms with Crippen LogP contribution in [0.4, 0.5) is 0 Å². The molecule has 72 valence electrons. The van der Waals surface area contributed by atoms with E-state index in [1.807, 2.05) is 6.20 Å². The van der Waals surface area contributed by atoms with Crippen LogP contribution >= 0.6 is 12.2 Å². The molecule has 1 aromatic heterocycles. The van der Waals surface area contributed by atoms with Crippen molar-refractivity contribution < 1.29 is 4.74 Å². The first kappa shape index (κ1) is 8.97. The lowest BCUT2D eigenvalue weighted by atomic mass is 10.0. The second-order valence-electron chi connectivity index (χ2n) is 3.87. The molecule has 13 heavy (non-hydrogen) atoms. The lowest BCUT2D eigenvalue weighted by Gasteiger charge is -2.25. The van der Waals surface area contributed by atoms with Crippen LogP contribution in [0.1, 0.15) is 19.0 Å². The molecule has 1 aromatic rings. The molecular formula is C9H14N2OS. The van der Waals surface area contributed by atoms with Crippen LogP contribution in [0.15, 0.2) is 6.20 Å². The number of nitrogens with zero attached hydrogens (tertiary/aromatic N) is 1. The maximum Gasteiger partial charge on any atom is 0.177 e. The number of rotatable bonds is 1. The Morgan fingerprint density at radius 1 is 1.69 bits per heavy atom. The Morgan fingerprint density at radius 3 is 2.92 bits per heavy atom. The molecule has 0 saturated carbocycles. The third kappa shape index (κ3) is 1.34. The molecule has 4 heteroatoms. The summed E-state index contributed by atoms with van der Waals surface area (Å²) in [7, 11) is 0. The van der Waals surface area contributed by atoms with Crippen molar-refractivity contribution >= 4 is 12.2 Å². The molecule has 1 atom stereocenters. The van der Waals surface area contributed by atoms with Crippen molar-refractivity contribution in [2.24, 2.45) is 0 Å². The Morgan fingerprint density at radius 2 is 2.46 bits per heavy atom. The van der Waals surface area contributed by atoms with Gasteiger partial charge in [0.15, 0.2) is 4.77 Å². The summed E-state index contributed by atoms with van der Waals surface area (Å²) in [6.07, 6.45) is 2.99. The van der Waals surface area contributed by atoms with Gasteiger partial charge in [0.2, 0.25) is 0 Å². The molecule has 0 aromatic carbocycles. The van der Waals surface area contributed by atoms with Gasteiger partial charge in [-0.15, -0.1) is 0 Å². The number of imidazole rings is 1. The smallest absolute Gasteiger partial charge is 0.177 e. The van der Waals surface area contributed by atoms with Gasteiger partial charge in [-0.25, -0.2) is 0 Å². The summed E-state index contributed by atoms with van der Waals surface area (Å²) in [5.74, 6) is 0. The SMILES string of the molecule is Cc1c[nH]c(=S)n1C1(C)CCOC1. The van der Waals surface area contributed by atoms with Crippen molar-refractivity contribution in [3.63, 3.8) is 0 Å². The zero-order valence-corrected chi connectivity index (χ0v) is 8.78. The van der Waals surface area contributed by atoms with E-state index in [-0.39, 0.29) is 5.54 Å². The topological polar surface area (TPSA) is 29.9 Å². The Hall–Kier alpha value is -0.610. The summed E-state index contributed by atoms with van der Waals surface area (Å²) in [5.41, 5.74) is 1.24. The zero-order chi connectivity index (χ0) is 9.47. The lowest BCUT2D eigenvalue weighted by molar-refractivity contribution is 0.160. The maximum atomic E-state index is 5.41. The Labute approximate surface area is 82.7 Å². The minimum Gasteiger partial charge on any atom is -0.379 e. The number of H-pyrrole nitrogens is 1. The van der Waals surface area contributed by atoms with E-state index in [0.29, 0.717) is 0 Å². The molecule has 0 aliphatic carbocycles. The zero-order valence-electron chi connectivity index (χ0n) is 7.96. The van der Waals surface area contributed by atoms with E-state index in [2.05, 4.69) is 23.4 Å². The molecule has 1 saturated heterocycles. The van der Waals surface area contributed by atoms with Crippen LogP contribution in [0.25, 0.3) is 0 Å². The molecule has 1 aliphatic heterocycles. The highest BCUT2D eigenvalue weighted by Crippen LogP contribution is 2.28. The molecule has 1 unspecified atom stereocenters. The monoisotopic (exact) mass is 198 g/mol. The van der Waals surface area contributed by atoms with Crippen LogP contribution < -0.4 is 0 Å². The first-order valence-electron chi connectivity index (χ1n) is 4.49. The highest BCUT2D eigenvalue weighted by molar-refractivity contribution is 7.71. The first-order chi connectivity index (χ1) is 6.13. The summed E-state index contributed by atoms with van der Waals surface area (Å²) < 4.78 is 8.37. The van der Waals surface area contributed by atoms with Crippen LogP contribution in [0, 0.1) is 11.7 Å². The number of nitrogens with one attached hydrogen (secondary N) is 1. The summed E-state index contributed by atoms with van der Waals surface area (Å²) in [6.45, 7) is 5.86. The number of aryl methyl sites for hydroxylation is 1. The summed E-state index contributed by atoms with van der Waals surface area (Å²) in [5, 5.41) is 0. The summed E-state index contributed by atoms with van der Waals surface area (Å²) in [6, 6.07) is 0. The van der Waals surface area contributed by atoms with Crippen molar-refractivity contribution in [2.45, 2.75) is 25.8 Å². The largest absolute Gasteiger partial charge is 0.379 e. The van der Waals surface area contributed by atoms with E-state index in [4.69, 9.17) is 17.0 Å². The van der Waals surface area contributed by atoms with Gasteiger partial charge in [-0.05, 0) is 32.5 Å².